The predicted molar refractivity (Wildman–Crippen MR) is 143 cm³/mol. The van der Waals surface area contributed by atoms with Crippen molar-refractivity contribution in [2.75, 3.05) is 0 Å². The molecule has 4 aromatic carbocycles. The molecular formula is C32H22Si. The Morgan fingerprint density at radius 2 is 0.667 bits per heavy atom. The Morgan fingerprint density at radius 3 is 0.939 bits per heavy atom. The Morgan fingerprint density at radius 1 is 0.394 bits per heavy atom. The van der Waals surface area contributed by atoms with E-state index in [4.69, 9.17) is 12.8 Å². The van der Waals surface area contributed by atoms with E-state index >= 15 is 0 Å². The lowest BCUT2D eigenvalue weighted by molar-refractivity contribution is 1.58. The van der Waals surface area contributed by atoms with Gasteiger partial charge in [-0.15, -0.1) is 23.9 Å². The number of allylic oxidation sites excluding steroid dienone is 2. The third kappa shape index (κ3) is 3.37. The molecule has 0 radical (unpaired) electrons. The van der Waals surface area contributed by atoms with E-state index in [9.17, 15) is 0 Å². The predicted octanol–water partition coefficient (Wildman–Crippen LogP) is 7.09. The van der Waals surface area contributed by atoms with Crippen LogP contribution in [0.4, 0.5) is 0 Å². The SMILES string of the molecule is C#C[Si]1(C#C)C(c2ccccc2)=C(c2ccccc2)C(c2ccccc2)=C1c1ccccc1. The van der Waals surface area contributed by atoms with Crippen LogP contribution >= 0.6 is 0 Å². The zero-order valence-corrected chi connectivity index (χ0v) is 19.2. The van der Waals surface area contributed by atoms with Crippen LogP contribution in [0.5, 0.6) is 0 Å². The molecular weight excluding hydrogens is 412 g/mol. The molecule has 0 unspecified atom stereocenters. The van der Waals surface area contributed by atoms with Gasteiger partial charge in [0.15, 0.2) is 0 Å². The van der Waals surface area contributed by atoms with Crippen molar-refractivity contribution in [3.63, 3.8) is 0 Å². The van der Waals surface area contributed by atoms with Gasteiger partial charge in [-0.25, -0.2) is 0 Å². The number of rotatable bonds is 4. The van der Waals surface area contributed by atoms with E-state index in [1.165, 1.54) is 0 Å². The van der Waals surface area contributed by atoms with Crippen molar-refractivity contribution < 1.29 is 0 Å². The normalized spacial score (nSPS) is 14.6. The molecule has 0 atom stereocenters. The minimum atomic E-state index is -3.00. The van der Waals surface area contributed by atoms with Crippen LogP contribution in [-0.2, 0) is 0 Å². The van der Waals surface area contributed by atoms with Crippen LogP contribution in [0, 0.1) is 23.9 Å². The Kier molecular flexibility index (Phi) is 5.41. The second-order valence-corrected chi connectivity index (χ2v) is 11.1. The van der Waals surface area contributed by atoms with Gasteiger partial charge in [-0.1, -0.05) is 121 Å². The zero-order chi connectivity index (χ0) is 22.7. The van der Waals surface area contributed by atoms with Gasteiger partial charge in [0, 0.05) is 0 Å². The van der Waals surface area contributed by atoms with Gasteiger partial charge in [-0.3, -0.25) is 0 Å². The van der Waals surface area contributed by atoms with Crippen LogP contribution in [0.1, 0.15) is 22.3 Å². The van der Waals surface area contributed by atoms with Crippen LogP contribution < -0.4 is 0 Å². The number of benzene rings is 4. The van der Waals surface area contributed by atoms with Crippen molar-refractivity contribution in [3.8, 4) is 23.9 Å². The molecule has 0 saturated carbocycles. The van der Waals surface area contributed by atoms with Gasteiger partial charge in [0.2, 0.25) is 0 Å². The van der Waals surface area contributed by atoms with E-state index in [0.717, 1.165) is 43.8 Å². The number of hydrogen-bond acceptors (Lipinski definition) is 0. The number of terminal acetylenes is 2. The van der Waals surface area contributed by atoms with Crippen molar-refractivity contribution in [3.05, 3.63) is 144 Å². The summed E-state index contributed by atoms with van der Waals surface area (Å²) in [6.45, 7) is 0. The summed E-state index contributed by atoms with van der Waals surface area (Å²) in [6, 6.07) is 41.8. The van der Waals surface area contributed by atoms with Crippen LogP contribution in [-0.4, -0.2) is 8.07 Å². The first-order chi connectivity index (χ1) is 16.3. The average Bonchev–Trinajstić information content (AvgIpc) is 3.22. The summed E-state index contributed by atoms with van der Waals surface area (Å²) in [6.07, 6.45) is 12.8. The highest BCUT2D eigenvalue weighted by atomic mass is 28.3. The number of hydrogen-bond donors (Lipinski definition) is 0. The first-order valence-electron chi connectivity index (χ1n) is 11.0. The van der Waals surface area contributed by atoms with Gasteiger partial charge in [-0.2, -0.15) is 0 Å². The molecule has 4 aromatic rings. The molecule has 1 heteroatoms. The lowest BCUT2D eigenvalue weighted by atomic mass is 9.89. The smallest absolute Gasteiger partial charge is 0.125 e. The molecule has 0 bridgehead atoms. The van der Waals surface area contributed by atoms with Gasteiger partial charge in [0.05, 0.1) is 0 Å². The first kappa shape index (κ1) is 20.6. The quantitative estimate of drug-likeness (QED) is 0.237. The molecule has 1 aliphatic heterocycles. The highest BCUT2D eigenvalue weighted by molar-refractivity contribution is 7.24. The molecule has 1 aliphatic rings. The fraction of sp³-hybridized carbons (Fsp3) is 0. The highest BCUT2D eigenvalue weighted by Gasteiger charge is 2.49. The van der Waals surface area contributed by atoms with Gasteiger partial charge in [0.1, 0.15) is 0 Å². The third-order valence-corrected chi connectivity index (χ3v) is 9.63. The van der Waals surface area contributed by atoms with Crippen molar-refractivity contribution in [1.82, 2.24) is 0 Å². The molecule has 0 aliphatic carbocycles. The van der Waals surface area contributed by atoms with Crippen molar-refractivity contribution in [2.24, 2.45) is 0 Å². The molecule has 0 spiro atoms. The standard InChI is InChI=1S/C32H22Si/c1-3-33(4-2)31(27-21-13-7-14-22-27)29(25-17-9-5-10-18-25)30(26-19-11-6-12-20-26)32(33)28-23-15-8-16-24-28/h1-2,5-24H. The fourth-order valence-electron chi connectivity index (χ4n) is 4.80. The second kappa shape index (κ2) is 8.68. The molecule has 5 rings (SSSR count). The Balaban J connectivity index is 2.00. The van der Waals surface area contributed by atoms with Gasteiger partial charge < -0.3 is 0 Å². The largest absolute Gasteiger partial charge is 0.277 e. The van der Waals surface area contributed by atoms with Gasteiger partial charge in [0.25, 0.3) is 8.07 Å². The Labute approximate surface area is 197 Å². The molecule has 0 fully saturated rings. The fourth-order valence-corrected chi connectivity index (χ4v) is 8.20. The summed E-state index contributed by atoms with van der Waals surface area (Å²) in [5.41, 5.74) is 13.2. The summed E-state index contributed by atoms with van der Waals surface area (Å²) >= 11 is 0. The molecule has 0 N–H and O–H groups in total. The van der Waals surface area contributed by atoms with Crippen molar-refractivity contribution >= 4 is 29.6 Å². The molecule has 0 aromatic heterocycles. The van der Waals surface area contributed by atoms with E-state index in [0.29, 0.717) is 0 Å². The lowest BCUT2D eigenvalue weighted by Crippen LogP contribution is -2.34. The lowest BCUT2D eigenvalue weighted by Gasteiger charge is -2.23. The summed E-state index contributed by atoms with van der Waals surface area (Å²) in [5, 5.41) is 2.24. The van der Waals surface area contributed by atoms with Crippen LogP contribution in [0.25, 0.3) is 21.5 Å². The first-order valence-corrected chi connectivity index (χ1v) is 13.0. The summed E-state index contributed by atoms with van der Waals surface area (Å²) in [4.78, 5) is 0. The molecule has 1 heterocycles. The highest BCUT2D eigenvalue weighted by Crippen LogP contribution is 2.55. The average molecular weight is 435 g/mol. The van der Waals surface area contributed by atoms with E-state index in [2.05, 4.69) is 108 Å². The summed E-state index contributed by atoms with van der Waals surface area (Å²) in [5.74, 6) is 0. The minimum absolute atomic E-state index is 1.10. The second-order valence-electron chi connectivity index (χ2n) is 8.00. The molecule has 0 amide bonds. The van der Waals surface area contributed by atoms with E-state index in [-0.39, 0.29) is 0 Å². The Hall–Kier alpha value is -4.30. The van der Waals surface area contributed by atoms with Crippen molar-refractivity contribution in [1.29, 1.82) is 0 Å². The monoisotopic (exact) mass is 434 g/mol. The van der Waals surface area contributed by atoms with Crippen LogP contribution in [0.2, 0.25) is 0 Å². The molecule has 33 heavy (non-hydrogen) atoms. The topological polar surface area (TPSA) is 0 Å². The maximum atomic E-state index is 6.42. The molecule has 0 nitrogen and oxygen atoms in total. The Bertz CT molecular complexity index is 1310. The summed E-state index contributed by atoms with van der Waals surface area (Å²) < 4.78 is 0. The van der Waals surface area contributed by atoms with E-state index < -0.39 is 8.07 Å². The van der Waals surface area contributed by atoms with Gasteiger partial charge >= 0.3 is 0 Å². The van der Waals surface area contributed by atoms with Crippen LogP contribution in [0.3, 0.4) is 0 Å². The molecule has 0 saturated heterocycles. The third-order valence-electron chi connectivity index (χ3n) is 6.18. The zero-order valence-electron chi connectivity index (χ0n) is 18.2. The van der Waals surface area contributed by atoms with Gasteiger partial charge in [-0.05, 0) is 43.8 Å². The van der Waals surface area contributed by atoms with E-state index in [1.807, 2.05) is 24.3 Å². The maximum absolute atomic E-state index is 6.42. The summed E-state index contributed by atoms with van der Waals surface area (Å²) in [7, 11) is -3.00. The van der Waals surface area contributed by atoms with E-state index in [1.54, 1.807) is 0 Å². The maximum Gasteiger partial charge on any atom is 0.277 e. The molecule has 154 valence electrons. The van der Waals surface area contributed by atoms with Crippen LogP contribution in [0.15, 0.2) is 121 Å². The minimum Gasteiger partial charge on any atom is -0.125 e. The van der Waals surface area contributed by atoms with Crippen molar-refractivity contribution in [2.45, 2.75) is 0 Å².